The van der Waals surface area contributed by atoms with Gasteiger partial charge in [0.15, 0.2) is 10.9 Å². The molecule has 1 N–H and O–H groups in total. The van der Waals surface area contributed by atoms with Gasteiger partial charge in [-0.1, -0.05) is 6.58 Å². The molecular formula is C21H26F2N6S. The fourth-order valence-corrected chi connectivity index (χ4v) is 5.41. The van der Waals surface area contributed by atoms with E-state index in [0.29, 0.717) is 24.1 Å². The zero-order chi connectivity index (χ0) is 21.0. The molecule has 0 aromatic carbocycles. The van der Waals surface area contributed by atoms with Crippen molar-refractivity contribution in [3.05, 3.63) is 27.5 Å². The molecule has 0 saturated heterocycles. The fourth-order valence-electron chi connectivity index (χ4n) is 4.59. The highest BCUT2D eigenvalue weighted by atomic mass is 32.1. The summed E-state index contributed by atoms with van der Waals surface area (Å²) in [5.74, 6) is -0.454. The van der Waals surface area contributed by atoms with Gasteiger partial charge in [0.2, 0.25) is 5.92 Å². The number of thiazole rings is 1. The first-order valence-corrected chi connectivity index (χ1v) is 11.3. The summed E-state index contributed by atoms with van der Waals surface area (Å²) < 4.78 is 27.2. The molecule has 2 fully saturated rings. The summed E-state index contributed by atoms with van der Waals surface area (Å²) >= 11 is 1.65. The molecule has 0 radical (unpaired) electrons. The third kappa shape index (κ3) is 3.33. The van der Waals surface area contributed by atoms with Gasteiger partial charge in [0.05, 0.1) is 22.3 Å². The first-order chi connectivity index (χ1) is 14.3. The van der Waals surface area contributed by atoms with Crippen LogP contribution in [0.5, 0.6) is 0 Å². The van der Waals surface area contributed by atoms with E-state index >= 15 is 0 Å². The molecule has 0 unspecified atom stereocenters. The van der Waals surface area contributed by atoms with E-state index in [-0.39, 0.29) is 24.8 Å². The van der Waals surface area contributed by atoms with Gasteiger partial charge in [0, 0.05) is 50.4 Å². The van der Waals surface area contributed by atoms with Crippen molar-refractivity contribution in [2.24, 2.45) is 0 Å². The number of aromatic nitrogens is 3. The van der Waals surface area contributed by atoms with E-state index in [1.54, 1.807) is 11.3 Å². The molecule has 2 aromatic rings. The lowest BCUT2D eigenvalue weighted by atomic mass is 9.71. The molecule has 5 rings (SSSR count). The van der Waals surface area contributed by atoms with Crippen molar-refractivity contribution in [1.82, 2.24) is 20.4 Å². The van der Waals surface area contributed by atoms with E-state index in [2.05, 4.69) is 17.4 Å². The van der Waals surface area contributed by atoms with Crippen molar-refractivity contribution in [3.63, 3.8) is 0 Å². The molecule has 0 spiro atoms. The number of hydrazine groups is 1. The van der Waals surface area contributed by atoms with Crippen molar-refractivity contribution in [3.8, 4) is 0 Å². The summed E-state index contributed by atoms with van der Waals surface area (Å²) in [7, 11) is 4.00. The Hall–Kier alpha value is -2.29. The molecule has 0 bridgehead atoms. The molecule has 2 aliphatic carbocycles. The van der Waals surface area contributed by atoms with Crippen molar-refractivity contribution in [2.75, 3.05) is 24.0 Å². The monoisotopic (exact) mass is 432 g/mol. The number of fused-ring (bicyclic) bond motifs is 1. The molecule has 160 valence electrons. The predicted octanol–water partition coefficient (Wildman–Crippen LogP) is 2.71. The van der Waals surface area contributed by atoms with Crippen molar-refractivity contribution in [2.45, 2.75) is 62.3 Å². The Morgan fingerprint density at radius 3 is 2.50 bits per heavy atom. The summed E-state index contributed by atoms with van der Waals surface area (Å²) in [4.78, 5) is 16.4. The van der Waals surface area contributed by atoms with Crippen LogP contribution in [0, 0.1) is 0 Å². The number of alkyl halides is 2. The van der Waals surface area contributed by atoms with Crippen LogP contribution in [0.15, 0.2) is 5.38 Å². The maximum absolute atomic E-state index is 13.6. The van der Waals surface area contributed by atoms with Gasteiger partial charge in [-0.3, -0.25) is 5.01 Å². The summed E-state index contributed by atoms with van der Waals surface area (Å²) in [6.07, 6.45) is 4.65. The second-order valence-electron chi connectivity index (χ2n) is 8.74. The zero-order valence-electron chi connectivity index (χ0n) is 17.2. The molecule has 0 amide bonds. The van der Waals surface area contributed by atoms with Gasteiger partial charge in [-0.2, -0.15) is 0 Å². The highest BCUT2D eigenvalue weighted by molar-refractivity contribution is 7.13. The van der Waals surface area contributed by atoms with Gasteiger partial charge >= 0.3 is 0 Å². The van der Waals surface area contributed by atoms with E-state index < -0.39 is 5.92 Å². The Morgan fingerprint density at radius 2 is 1.87 bits per heavy atom. The standard InChI is InChI=1S/C21H26F2N6S/c1-12-16-10-24-29(13-6-8-21(22,23)9-7-13)19(16)27-18(25-12)15-5-4-14(15)17-11-30-20(26-17)28(2)3/h10-11,13-15,24H,1,4-9H2,2-3H3/t14-,15-/m1/s1. The van der Waals surface area contributed by atoms with Crippen LogP contribution in [-0.2, 0) is 0 Å². The van der Waals surface area contributed by atoms with E-state index in [1.807, 2.05) is 30.2 Å². The number of hydrogen-bond acceptors (Lipinski definition) is 7. The topological polar surface area (TPSA) is 57.2 Å². The first kappa shape index (κ1) is 19.7. The average molecular weight is 433 g/mol. The SMILES string of the molecule is C=c1nc([C@@H]2CC[C@H]2c2csc(N(C)C)n2)nc2c1=CNN2C1CCC(F)(F)CC1. The summed E-state index contributed by atoms with van der Waals surface area (Å²) in [5.41, 5.74) is 4.33. The van der Waals surface area contributed by atoms with Gasteiger partial charge < -0.3 is 10.3 Å². The normalized spacial score (nSPS) is 25.3. The Morgan fingerprint density at radius 1 is 1.13 bits per heavy atom. The smallest absolute Gasteiger partial charge is 0.248 e. The minimum atomic E-state index is -2.55. The van der Waals surface area contributed by atoms with Gasteiger partial charge in [-0.05, 0) is 25.7 Å². The first-order valence-electron chi connectivity index (χ1n) is 10.5. The molecule has 3 aliphatic rings. The van der Waals surface area contributed by atoms with Gasteiger partial charge in [0.1, 0.15) is 5.82 Å². The number of nitrogens with one attached hydrogen (secondary N) is 1. The minimum absolute atomic E-state index is 0.00246. The van der Waals surface area contributed by atoms with Crippen LogP contribution in [0.25, 0.3) is 12.8 Å². The number of hydrogen-bond donors (Lipinski definition) is 1. The Labute approximate surface area is 178 Å². The maximum atomic E-state index is 13.6. The minimum Gasteiger partial charge on any atom is -0.354 e. The van der Waals surface area contributed by atoms with E-state index in [0.717, 1.165) is 40.5 Å². The van der Waals surface area contributed by atoms with Crippen LogP contribution in [-0.4, -0.2) is 41.0 Å². The summed E-state index contributed by atoms with van der Waals surface area (Å²) in [6, 6.07) is 0.00246. The number of halogens is 2. The Bertz CT molecular complexity index is 1060. The molecule has 2 atom stereocenters. The Balaban J connectivity index is 1.41. The van der Waals surface area contributed by atoms with Gasteiger partial charge in [0.25, 0.3) is 0 Å². The highest BCUT2D eigenvalue weighted by Gasteiger charge is 2.40. The number of anilines is 2. The van der Waals surface area contributed by atoms with Crippen LogP contribution in [0.1, 0.15) is 61.9 Å². The largest absolute Gasteiger partial charge is 0.354 e. The zero-order valence-corrected chi connectivity index (χ0v) is 18.1. The second kappa shape index (κ2) is 7.14. The van der Waals surface area contributed by atoms with Crippen LogP contribution in [0.2, 0.25) is 0 Å². The van der Waals surface area contributed by atoms with Crippen molar-refractivity contribution in [1.29, 1.82) is 0 Å². The number of rotatable bonds is 4. The third-order valence-corrected chi connectivity index (χ3v) is 7.55. The lowest BCUT2D eigenvalue weighted by Gasteiger charge is -2.36. The molecule has 3 heterocycles. The number of nitrogens with zero attached hydrogens (tertiary/aromatic N) is 5. The van der Waals surface area contributed by atoms with Crippen molar-refractivity contribution < 1.29 is 8.78 Å². The molecule has 30 heavy (non-hydrogen) atoms. The van der Waals surface area contributed by atoms with E-state index in [1.165, 1.54) is 0 Å². The fraction of sp³-hybridized carbons (Fsp3) is 0.571. The molecule has 6 nitrogen and oxygen atoms in total. The lowest BCUT2D eigenvalue weighted by molar-refractivity contribution is -0.0384. The molecular weight excluding hydrogens is 406 g/mol. The second-order valence-corrected chi connectivity index (χ2v) is 9.57. The van der Waals surface area contributed by atoms with Crippen LogP contribution >= 0.6 is 11.3 Å². The van der Waals surface area contributed by atoms with Crippen LogP contribution in [0.4, 0.5) is 19.7 Å². The quantitative estimate of drug-likeness (QED) is 0.802. The Kier molecular flexibility index (Phi) is 4.68. The van der Waals surface area contributed by atoms with Crippen molar-refractivity contribution >= 4 is 35.1 Å². The predicted molar refractivity (Wildman–Crippen MR) is 115 cm³/mol. The summed E-state index contributed by atoms with van der Waals surface area (Å²) in [5, 5.41) is 6.63. The molecule has 2 aromatic heterocycles. The summed E-state index contributed by atoms with van der Waals surface area (Å²) in [6.45, 7) is 4.13. The highest BCUT2D eigenvalue weighted by Crippen LogP contribution is 2.48. The van der Waals surface area contributed by atoms with Gasteiger partial charge in [-0.25, -0.2) is 23.7 Å². The third-order valence-electron chi connectivity index (χ3n) is 6.53. The van der Waals surface area contributed by atoms with Gasteiger partial charge in [-0.15, -0.1) is 11.3 Å². The van der Waals surface area contributed by atoms with E-state index in [4.69, 9.17) is 15.0 Å². The van der Waals surface area contributed by atoms with Crippen LogP contribution < -0.4 is 25.9 Å². The van der Waals surface area contributed by atoms with E-state index in [9.17, 15) is 8.78 Å². The van der Waals surface area contributed by atoms with Crippen LogP contribution in [0.3, 0.4) is 0 Å². The molecule has 2 saturated carbocycles. The maximum Gasteiger partial charge on any atom is 0.248 e. The lowest BCUT2D eigenvalue weighted by Crippen LogP contribution is -2.46. The molecule has 1 aliphatic heterocycles. The average Bonchev–Trinajstić information content (AvgIpc) is 3.29. The molecule has 9 heteroatoms.